The summed E-state index contributed by atoms with van der Waals surface area (Å²) < 4.78 is 0. The second kappa shape index (κ2) is 6.36. The Morgan fingerprint density at radius 1 is 1.32 bits per heavy atom. The molecule has 0 saturated carbocycles. The third-order valence-corrected chi connectivity index (χ3v) is 3.15. The number of aromatic amines is 1. The molecule has 0 aliphatic carbocycles. The molecule has 1 unspecified atom stereocenters. The lowest BCUT2D eigenvalue weighted by Gasteiger charge is -2.23. The zero-order valence-electron chi connectivity index (χ0n) is 12.2. The summed E-state index contributed by atoms with van der Waals surface area (Å²) in [6.45, 7) is 10.4. The minimum absolute atomic E-state index is 0.0721. The van der Waals surface area contributed by atoms with Gasteiger partial charge in [0.2, 0.25) is 5.91 Å². The molecule has 106 valence electrons. The number of hydrogen-bond donors (Lipinski definition) is 2. The van der Waals surface area contributed by atoms with Crippen LogP contribution in [0.15, 0.2) is 0 Å². The van der Waals surface area contributed by atoms with E-state index in [1.165, 1.54) is 0 Å². The van der Waals surface area contributed by atoms with Crippen LogP contribution < -0.4 is 5.32 Å². The molecule has 0 spiro atoms. The van der Waals surface area contributed by atoms with E-state index in [-0.39, 0.29) is 11.8 Å². The number of nitrogens with zero attached hydrogens (tertiary/aromatic N) is 2. The predicted molar refractivity (Wildman–Crippen MR) is 72.9 cm³/mol. The SMILES string of the molecule is CCN(CC)C(=O)C(C)NC(=O)c1c(C)n[nH]c1C. The molecule has 6 nitrogen and oxygen atoms in total. The van der Waals surface area contributed by atoms with E-state index in [2.05, 4.69) is 15.5 Å². The summed E-state index contributed by atoms with van der Waals surface area (Å²) >= 11 is 0. The summed E-state index contributed by atoms with van der Waals surface area (Å²) in [5.41, 5.74) is 1.86. The van der Waals surface area contributed by atoms with Crippen LogP contribution in [0.2, 0.25) is 0 Å². The molecule has 0 bridgehead atoms. The van der Waals surface area contributed by atoms with Crippen LogP contribution in [0, 0.1) is 13.8 Å². The highest BCUT2D eigenvalue weighted by Gasteiger charge is 2.23. The lowest BCUT2D eigenvalue weighted by Crippen LogP contribution is -2.47. The van der Waals surface area contributed by atoms with Crippen molar-refractivity contribution in [2.45, 2.75) is 40.7 Å². The zero-order chi connectivity index (χ0) is 14.6. The van der Waals surface area contributed by atoms with Gasteiger partial charge in [0.1, 0.15) is 6.04 Å². The fraction of sp³-hybridized carbons (Fsp3) is 0.615. The van der Waals surface area contributed by atoms with E-state index in [4.69, 9.17) is 0 Å². The van der Waals surface area contributed by atoms with E-state index in [1.807, 2.05) is 13.8 Å². The van der Waals surface area contributed by atoms with Crippen molar-refractivity contribution in [1.29, 1.82) is 0 Å². The Bertz CT molecular complexity index is 444. The van der Waals surface area contributed by atoms with Gasteiger partial charge in [-0.2, -0.15) is 5.10 Å². The van der Waals surface area contributed by atoms with Gasteiger partial charge in [-0.3, -0.25) is 14.7 Å². The summed E-state index contributed by atoms with van der Waals surface area (Å²) in [7, 11) is 0. The molecular weight excluding hydrogens is 244 g/mol. The smallest absolute Gasteiger partial charge is 0.255 e. The molecule has 0 saturated heterocycles. The quantitative estimate of drug-likeness (QED) is 0.835. The van der Waals surface area contributed by atoms with Crippen molar-refractivity contribution < 1.29 is 9.59 Å². The number of aryl methyl sites for hydroxylation is 2. The first-order valence-corrected chi connectivity index (χ1v) is 6.53. The molecule has 1 aromatic rings. The van der Waals surface area contributed by atoms with Gasteiger partial charge < -0.3 is 10.2 Å². The van der Waals surface area contributed by atoms with Gasteiger partial charge in [0.05, 0.1) is 11.3 Å². The zero-order valence-corrected chi connectivity index (χ0v) is 12.2. The summed E-state index contributed by atoms with van der Waals surface area (Å²) in [4.78, 5) is 25.9. The van der Waals surface area contributed by atoms with Crippen molar-refractivity contribution in [1.82, 2.24) is 20.4 Å². The van der Waals surface area contributed by atoms with Crippen LogP contribution in [0.1, 0.15) is 42.5 Å². The van der Waals surface area contributed by atoms with Crippen LogP contribution in [-0.4, -0.2) is 46.0 Å². The third-order valence-electron chi connectivity index (χ3n) is 3.15. The Labute approximate surface area is 113 Å². The number of hydrogen-bond acceptors (Lipinski definition) is 3. The van der Waals surface area contributed by atoms with Gasteiger partial charge in [-0.1, -0.05) is 0 Å². The average molecular weight is 266 g/mol. The highest BCUT2D eigenvalue weighted by atomic mass is 16.2. The molecule has 0 aliphatic rings. The monoisotopic (exact) mass is 266 g/mol. The van der Waals surface area contributed by atoms with Gasteiger partial charge in [-0.05, 0) is 34.6 Å². The molecule has 2 N–H and O–H groups in total. The molecule has 1 atom stereocenters. The molecule has 0 aliphatic heterocycles. The highest BCUT2D eigenvalue weighted by molar-refractivity contribution is 5.99. The number of nitrogens with one attached hydrogen (secondary N) is 2. The first-order chi connectivity index (χ1) is 8.92. The molecule has 2 amide bonds. The number of amides is 2. The predicted octanol–water partition coefficient (Wildman–Crippen LogP) is 1.01. The number of aromatic nitrogens is 2. The number of carbonyl (C=O) groups excluding carboxylic acids is 2. The van der Waals surface area contributed by atoms with Crippen molar-refractivity contribution in [2.24, 2.45) is 0 Å². The number of carbonyl (C=O) groups is 2. The van der Waals surface area contributed by atoms with Crippen LogP contribution in [0.5, 0.6) is 0 Å². The number of likely N-dealkylation sites (N-methyl/N-ethyl adjacent to an activating group) is 1. The summed E-state index contributed by atoms with van der Waals surface area (Å²) in [6.07, 6.45) is 0. The summed E-state index contributed by atoms with van der Waals surface area (Å²) in [5, 5.41) is 9.46. The van der Waals surface area contributed by atoms with E-state index >= 15 is 0 Å². The van der Waals surface area contributed by atoms with Crippen LogP contribution >= 0.6 is 0 Å². The van der Waals surface area contributed by atoms with Crippen LogP contribution in [0.3, 0.4) is 0 Å². The minimum atomic E-state index is -0.541. The van der Waals surface area contributed by atoms with E-state index in [0.29, 0.717) is 30.0 Å². The molecule has 1 heterocycles. The van der Waals surface area contributed by atoms with Gasteiger partial charge in [0, 0.05) is 18.8 Å². The van der Waals surface area contributed by atoms with E-state index in [9.17, 15) is 9.59 Å². The Balaban J connectivity index is 2.75. The maximum Gasteiger partial charge on any atom is 0.255 e. The summed E-state index contributed by atoms with van der Waals surface area (Å²) in [6, 6.07) is -0.541. The van der Waals surface area contributed by atoms with Gasteiger partial charge in [-0.15, -0.1) is 0 Å². The molecule has 6 heteroatoms. The van der Waals surface area contributed by atoms with Crippen LogP contribution in [-0.2, 0) is 4.79 Å². The van der Waals surface area contributed by atoms with E-state index in [0.717, 1.165) is 0 Å². The average Bonchev–Trinajstić information content (AvgIpc) is 2.70. The largest absolute Gasteiger partial charge is 0.341 e. The van der Waals surface area contributed by atoms with Crippen molar-refractivity contribution in [3.8, 4) is 0 Å². The van der Waals surface area contributed by atoms with E-state index in [1.54, 1.807) is 25.7 Å². The second-order valence-corrected chi connectivity index (χ2v) is 4.51. The Kier molecular flexibility index (Phi) is 5.09. The van der Waals surface area contributed by atoms with Gasteiger partial charge >= 0.3 is 0 Å². The van der Waals surface area contributed by atoms with Gasteiger partial charge in [0.15, 0.2) is 0 Å². The minimum Gasteiger partial charge on any atom is -0.341 e. The number of rotatable bonds is 5. The molecule has 0 fully saturated rings. The second-order valence-electron chi connectivity index (χ2n) is 4.51. The maximum atomic E-state index is 12.1. The van der Waals surface area contributed by atoms with Crippen molar-refractivity contribution in [3.05, 3.63) is 17.0 Å². The van der Waals surface area contributed by atoms with Crippen molar-refractivity contribution >= 4 is 11.8 Å². The summed E-state index contributed by atoms with van der Waals surface area (Å²) in [5.74, 6) is -0.339. The molecule has 19 heavy (non-hydrogen) atoms. The molecule has 0 aromatic carbocycles. The Morgan fingerprint density at radius 2 is 1.89 bits per heavy atom. The van der Waals surface area contributed by atoms with Crippen LogP contribution in [0.4, 0.5) is 0 Å². The Hall–Kier alpha value is -1.85. The fourth-order valence-electron chi connectivity index (χ4n) is 2.03. The standard InChI is InChI=1S/C13H22N4O2/c1-6-17(7-2)13(19)10(5)14-12(18)11-8(3)15-16-9(11)4/h10H,6-7H2,1-5H3,(H,14,18)(H,15,16). The first-order valence-electron chi connectivity index (χ1n) is 6.53. The molecular formula is C13H22N4O2. The highest BCUT2D eigenvalue weighted by Crippen LogP contribution is 2.09. The third kappa shape index (κ3) is 3.33. The number of H-pyrrole nitrogens is 1. The molecule has 1 rings (SSSR count). The topological polar surface area (TPSA) is 78.1 Å². The molecule has 0 radical (unpaired) electrons. The lowest BCUT2D eigenvalue weighted by atomic mass is 10.1. The van der Waals surface area contributed by atoms with E-state index < -0.39 is 6.04 Å². The lowest BCUT2D eigenvalue weighted by molar-refractivity contribution is -0.132. The fourth-order valence-corrected chi connectivity index (χ4v) is 2.03. The van der Waals surface area contributed by atoms with Crippen molar-refractivity contribution in [3.63, 3.8) is 0 Å². The molecule has 1 aromatic heterocycles. The maximum absolute atomic E-state index is 12.1. The van der Waals surface area contributed by atoms with Gasteiger partial charge in [-0.25, -0.2) is 0 Å². The van der Waals surface area contributed by atoms with Crippen LogP contribution in [0.25, 0.3) is 0 Å². The Morgan fingerprint density at radius 3 is 2.32 bits per heavy atom. The van der Waals surface area contributed by atoms with Crippen molar-refractivity contribution in [2.75, 3.05) is 13.1 Å². The van der Waals surface area contributed by atoms with Gasteiger partial charge in [0.25, 0.3) is 5.91 Å². The first kappa shape index (κ1) is 15.2. The normalized spacial score (nSPS) is 12.1.